The fourth-order valence-corrected chi connectivity index (χ4v) is 1.93. The first-order valence-electron chi connectivity index (χ1n) is 6.53. The second kappa shape index (κ2) is 8.20. The highest BCUT2D eigenvalue weighted by molar-refractivity contribution is 9.10. The van der Waals surface area contributed by atoms with Crippen LogP contribution >= 0.6 is 15.9 Å². The van der Waals surface area contributed by atoms with E-state index in [1.54, 1.807) is 6.07 Å². The Kier molecular flexibility index (Phi) is 5.99. The van der Waals surface area contributed by atoms with Crippen LogP contribution in [0.4, 0.5) is 4.39 Å². The van der Waals surface area contributed by atoms with E-state index < -0.39 is 5.82 Å². The van der Waals surface area contributed by atoms with Gasteiger partial charge in [-0.1, -0.05) is 46.0 Å². The van der Waals surface area contributed by atoms with Gasteiger partial charge >= 0.3 is 0 Å². The molecule has 0 aromatic heterocycles. The van der Waals surface area contributed by atoms with Gasteiger partial charge in [-0.05, 0) is 30.3 Å². The first-order chi connectivity index (χ1) is 10.6. The van der Waals surface area contributed by atoms with Crippen molar-refractivity contribution in [2.24, 2.45) is 0 Å². The minimum absolute atomic E-state index is 0.0359. The average molecular weight is 362 g/mol. The number of hydrogen-bond acceptors (Lipinski definition) is 2. The normalized spacial score (nSPS) is 9.55. The van der Waals surface area contributed by atoms with Crippen molar-refractivity contribution < 1.29 is 13.9 Å². The predicted octanol–water partition coefficient (Wildman–Crippen LogP) is 3.13. The zero-order valence-electron chi connectivity index (χ0n) is 11.6. The molecule has 0 fully saturated rings. The van der Waals surface area contributed by atoms with Crippen molar-refractivity contribution in [3.63, 3.8) is 0 Å². The second-order valence-electron chi connectivity index (χ2n) is 4.31. The number of carbonyl (C=O) groups excluding carboxylic acids is 1. The molecule has 1 N–H and O–H groups in total. The molecular weight excluding hydrogens is 349 g/mol. The number of ether oxygens (including phenoxy) is 1. The van der Waals surface area contributed by atoms with E-state index in [2.05, 4.69) is 33.1 Å². The average Bonchev–Trinajstić information content (AvgIpc) is 2.52. The van der Waals surface area contributed by atoms with Crippen LogP contribution in [0, 0.1) is 17.7 Å². The summed E-state index contributed by atoms with van der Waals surface area (Å²) in [6.45, 7) is -0.0501. The summed E-state index contributed by atoms with van der Waals surface area (Å²) in [4.78, 5) is 11.6. The SMILES string of the molecule is O=C(COc1ccc(Br)cc1F)NCC#Cc1ccccc1. The van der Waals surface area contributed by atoms with Crippen LogP contribution in [0.3, 0.4) is 0 Å². The van der Waals surface area contributed by atoms with Crippen molar-refractivity contribution in [1.29, 1.82) is 0 Å². The van der Waals surface area contributed by atoms with Crippen molar-refractivity contribution in [2.45, 2.75) is 0 Å². The minimum atomic E-state index is -0.522. The molecule has 0 unspecified atom stereocenters. The lowest BCUT2D eigenvalue weighted by atomic mass is 10.2. The number of hydrogen-bond donors (Lipinski definition) is 1. The minimum Gasteiger partial charge on any atom is -0.481 e. The maximum Gasteiger partial charge on any atom is 0.258 e. The third-order valence-electron chi connectivity index (χ3n) is 2.63. The Morgan fingerprint density at radius 1 is 1.23 bits per heavy atom. The van der Waals surface area contributed by atoms with E-state index in [-0.39, 0.29) is 24.8 Å². The van der Waals surface area contributed by atoms with Crippen LogP contribution in [0.25, 0.3) is 0 Å². The molecule has 0 aliphatic rings. The Bertz CT molecular complexity index is 708. The van der Waals surface area contributed by atoms with Crippen LogP contribution < -0.4 is 10.1 Å². The molecule has 0 bridgehead atoms. The van der Waals surface area contributed by atoms with Gasteiger partial charge in [0, 0.05) is 10.0 Å². The van der Waals surface area contributed by atoms with Gasteiger partial charge in [0.1, 0.15) is 0 Å². The van der Waals surface area contributed by atoms with Gasteiger partial charge in [-0.25, -0.2) is 4.39 Å². The van der Waals surface area contributed by atoms with Gasteiger partial charge in [0.25, 0.3) is 5.91 Å². The quantitative estimate of drug-likeness (QED) is 0.849. The third kappa shape index (κ3) is 5.23. The van der Waals surface area contributed by atoms with Gasteiger partial charge in [0.2, 0.25) is 0 Å². The van der Waals surface area contributed by atoms with E-state index >= 15 is 0 Å². The zero-order chi connectivity index (χ0) is 15.8. The first kappa shape index (κ1) is 16.1. The number of benzene rings is 2. The highest BCUT2D eigenvalue weighted by Gasteiger charge is 2.06. The smallest absolute Gasteiger partial charge is 0.258 e. The zero-order valence-corrected chi connectivity index (χ0v) is 13.2. The van der Waals surface area contributed by atoms with Crippen molar-refractivity contribution in [3.05, 3.63) is 64.4 Å². The summed E-state index contributed by atoms with van der Waals surface area (Å²) in [6.07, 6.45) is 0. The van der Waals surface area contributed by atoms with Crippen LogP contribution in [-0.2, 0) is 4.79 Å². The Hall–Kier alpha value is -2.32. The molecule has 0 spiro atoms. The molecule has 0 radical (unpaired) electrons. The Morgan fingerprint density at radius 2 is 2.00 bits per heavy atom. The van der Waals surface area contributed by atoms with Crippen LogP contribution in [0.2, 0.25) is 0 Å². The predicted molar refractivity (Wildman–Crippen MR) is 85.9 cm³/mol. The Morgan fingerprint density at radius 3 is 2.73 bits per heavy atom. The lowest BCUT2D eigenvalue weighted by Gasteiger charge is -2.06. The molecule has 0 saturated carbocycles. The van der Waals surface area contributed by atoms with Crippen LogP contribution in [0.1, 0.15) is 5.56 Å². The van der Waals surface area contributed by atoms with E-state index in [1.807, 2.05) is 30.3 Å². The number of carbonyl (C=O) groups is 1. The molecule has 5 heteroatoms. The largest absolute Gasteiger partial charge is 0.481 e. The maximum atomic E-state index is 13.5. The number of nitrogens with one attached hydrogen (secondary N) is 1. The molecule has 2 aromatic rings. The van der Waals surface area contributed by atoms with Gasteiger partial charge in [-0.15, -0.1) is 0 Å². The van der Waals surface area contributed by atoms with Crippen molar-refractivity contribution in [3.8, 4) is 17.6 Å². The molecule has 2 aromatic carbocycles. The highest BCUT2D eigenvalue weighted by atomic mass is 79.9. The van der Waals surface area contributed by atoms with Gasteiger partial charge in [0.05, 0.1) is 6.54 Å². The second-order valence-corrected chi connectivity index (χ2v) is 5.22. The van der Waals surface area contributed by atoms with Gasteiger partial charge < -0.3 is 10.1 Å². The molecule has 0 aliphatic heterocycles. The summed E-state index contributed by atoms with van der Waals surface area (Å²) >= 11 is 3.15. The maximum absolute atomic E-state index is 13.5. The van der Waals surface area contributed by atoms with Gasteiger partial charge in [0.15, 0.2) is 18.2 Å². The molecule has 112 valence electrons. The fraction of sp³-hybridized carbons (Fsp3) is 0.118. The summed E-state index contributed by atoms with van der Waals surface area (Å²) < 4.78 is 19.2. The topological polar surface area (TPSA) is 38.3 Å². The monoisotopic (exact) mass is 361 g/mol. The molecule has 0 aliphatic carbocycles. The summed E-state index contributed by atoms with van der Waals surface area (Å²) in [5.41, 5.74) is 0.880. The summed E-state index contributed by atoms with van der Waals surface area (Å²) in [5.74, 6) is 4.91. The third-order valence-corrected chi connectivity index (χ3v) is 3.13. The van der Waals surface area contributed by atoms with Crippen LogP contribution in [0.15, 0.2) is 53.0 Å². The van der Waals surface area contributed by atoms with Crippen molar-refractivity contribution in [1.82, 2.24) is 5.32 Å². The van der Waals surface area contributed by atoms with E-state index in [1.165, 1.54) is 12.1 Å². The fourth-order valence-electron chi connectivity index (χ4n) is 1.60. The number of halogens is 2. The Labute approximate surface area is 136 Å². The standard InChI is InChI=1S/C17H13BrFNO2/c18-14-8-9-16(15(19)11-14)22-12-17(21)20-10-4-7-13-5-2-1-3-6-13/h1-3,5-6,8-9,11H,10,12H2,(H,20,21). The molecule has 0 atom stereocenters. The summed E-state index contributed by atoms with van der Waals surface area (Å²) in [5, 5.41) is 2.58. The lowest BCUT2D eigenvalue weighted by Crippen LogP contribution is -2.29. The molecule has 22 heavy (non-hydrogen) atoms. The van der Waals surface area contributed by atoms with Crippen molar-refractivity contribution in [2.75, 3.05) is 13.2 Å². The van der Waals surface area contributed by atoms with Gasteiger partial charge in [-0.2, -0.15) is 0 Å². The lowest BCUT2D eigenvalue weighted by molar-refractivity contribution is -0.122. The number of rotatable bonds is 4. The van der Waals surface area contributed by atoms with E-state index in [4.69, 9.17) is 4.74 Å². The van der Waals surface area contributed by atoms with Crippen LogP contribution in [-0.4, -0.2) is 19.1 Å². The first-order valence-corrected chi connectivity index (χ1v) is 7.33. The molecule has 0 heterocycles. The molecule has 1 amide bonds. The molecule has 2 rings (SSSR count). The summed E-state index contributed by atoms with van der Waals surface area (Å²) in [7, 11) is 0. The van der Waals surface area contributed by atoms with E-state index in [9.17, 15) is 9.18 Å². The summed E-state index contributed by atoms with van der Waals surface area (Å²) in [6, 6.07) is 13.8. The number of amides is 1. The molecule has 0 saturated heterocycles. The highest BCUT2D eigenvalue weighted by Crippen LogP contribution is 2.21. The Balaban J connectivity index is 1.76. The van der Waals surface area contributed by atoms with Gasteiger partial charge in [-0.3, -0.25) is 4.79 Å². The van der Waals surface area contributed by atoms with Crippen molar-refractivity contribution >= 4 is 21.8 Å². The molecule has 3 nitrogen and oxygen atoms in total. The van der Waals surface area contributed by atoms with Crippen LogP contribution in [0.5, 0.6) is 5.75 Å². The molecular formula is C17H13BrFNO2. The van der Waals surface area contributed by atoms with E-state index in [0.29, 0.717) is 4.47 Å². The van der Waals surface area contributed by atoms with E-state index in [0.717, 1.165) is 5.56 Å².